The predicted molar refractivity (Wildman–Crippen MR) is 115 cm³/mol. The fraction of sp³-hybridized carbons (Fsp3) is 0.143. The number of nitrogens with one attached hydrogen (secondary N) is 1. The maximum absolute atomic E-state index is 12.9. The van der Waals surface area contributed by atoms with Crippen molar-refractivity contribution in [3.63, 3.8) is 0 Å². The molecule has 0 fully saturated rings. The molecule has 0 saturated heterocycles. The average Bonchev–Trinajstić information content (AvgIpc) is 3.34. The van der Waals surface area contributed by atoms with Gasteiger partial charge in [-0.1, -0.05) is 36.4 Å². The van der Waals surface area contributed by atoms with Crippen molar-refractivity contribution < 1.29 is 8.42 Å². The van der Waals surface area contributed by atoms with Crippen LogP contribution in [-0.2, 0) is 23.6 Å². The number of benzene rings is 1. The molecule has 3 heterocycles. The lowest BCUT2D eigenvalue weighted by Gasteiger charge is -2.07. The summed E-state index contributed by atoms with van der Waals surface area (Å²) in [6, 6.07) is 15.2. The molecule has 0 bridgehead atoms. The summed E-state index contributed by atoms with van der Waals surface area (Å²) in [5, 5.41) is 2.77. The van der Waals surface area contributed by atoms with E-state index >= 15 is 0 Å². The van der Waals surface area contributed by atoms with Gasteiger partial charge in [0, 0.05) is 42.6 Å². The molecule has 29 heavy (non-hydrogen) atoms. The number of rotatable bonds is 6. The van der Waals surface area contributed by atoms with E-state index in [-0.39, 0.29) is 11.4 Å². The normalized spacial score (nSPS) is 11.7. The molecule has 0 radical (unpaired) electrons. The highest BCUT2D eigenvalue weighted by molar-refractivity contribution is 7.89. The first-order valence-corrected chi connectivity index (χ1v) is 11.4. The largest absolute Gasteiger partial charge is 0.345 e. The monoisotopic (exact) mass is 424 g/mol. The molecule has 0 unspecified atom stereocenters. The lowest BCUT2D eigenvalue weighted by Crippen LogP contribution is -2.23. The predicted octanol–water partition coefficient (Wildman–Crippen LogP) is 4.00. The van der Waals surface area contributed by atoms with Crippen LogP contribution in [-0.4, -0.2) is 23.0 Å². The molecule has 0 atom stereocenters. The van der Waals surface area contributed by atoms with Crippen LogP contribution < -0.4 is 4.72 Å². The van der Waals surface area contributed by atoms with Gasteiger partial charge in [0.25, 0.3) is 0 Å². The summed E-state index contributed by atoms with van der Waals surface area (Å²) in [6.45, 7) is 1.99. The molecule has 1 N–H and O–H groups in total. The molecule has 3 aromatic heterocycles. The number of hydrogen-bond donors (Lipinski definition) is 1. The average molecular weight is 425 g/mol. The zero-order valence-electron chi connectivity index (χ0n) is 16.0. The number of thiazole rings is 1. The Labute approximate surface area is 174 Å². The highest BCUT2D eigenvalue weighted by Gasteiger charge is 2.23. The van der Waals surface area contributed by atoms with Gasteiger partial charge in [-0.2, -0.15) is 0 Å². The van der Waals surface area contributed by atoms with Crippen LogP contribution in [0.1, 0.15) is 11.3 Å². The Hall–Kier alpha value is -2.81. The van der Waals surface area contributed by atoms with E-state index in [0.717, 1.165) is 27.5 Å². The molecule has 0 amide bonds. The minimum absolute atomic E-state index is 0.190. The summed E-state index contributed by atoms with van der Waals surface area (Å²) in [4.78, 5) is 8.99. The Bertz CT molecular complexity index is 1230. The summed E-state index contributed by atoms with van der Waals surface area (Å²) < 4.78 is 30.3. The number of sulfonamides is 1. The summed E-state index contributed by atoms with van der Waals surface area (Å²) in [5.74, 6) is 0. The lowest BCUT2D eigenvalue weighted by molar-refractivity contribution is 0.580. The van der Waals surface area contributed by atoms with Crippen LogP contribution in [0.15, 0.2) is 71.2 Å². The van der Waals surface area contributed by atoms with E-state index in [4.69, 9.17) is 4.98 Å². The fourth-order valence-corrected chi connectivity index (χ4v) is 5.22. The Balaban J connectivity index is 1.63. The number of hydrogen-bond acceptors (Lipinski definition) is 5. The Morgan fingerprint density at radius 3 is 2.66 bits per heavy atom. The molecule has 0 aliphatic carbocycles. The number of nitrogens with zero attached hydrogens (tertiary/aromatic N) is 3. The molecule has 0 aliphatic rings. The molecular formula is C21H20N4O2S2. The van der Waals surface area contributed by atoms with Crippen LogP contribution in [0, 0.1) is 6.92 Å². The van der Waals surface area contributed by atoms with E-state index in [9.17, 15) is 8.42 Å². The molecular weight excluding hydrogens is 404 g/mol. The lowest BCUT2D eigenvalue weighted by atomic mass is 10.2. The zero-order chi connectivity index (χ0) is 20.4. The maximum atomic E-state index is 12.9. The summed E-state index contributed by atoms with van der Waals surface area (Å²) in [5.41, 5.74) is 4.15. The van der Waals surface area contributed by atoms with Crippen LogP contribution in [0.5, 0.6) is 0 Å². The van der Waals surface area contributed by atoms with Gasteiger partial charge in [-0.15, -0.1) is 11.3 Å². The van der Waals surface area contributed by atoms with Crippen molar-refractivity contribution in [1.82, 2.24) is 19.3 Å². The number of pyridine rings is 1. The van der Waals surface area contributed by atoms with Crippen molar-refractivity contribution in [3.8, 4) is 22.0 Å². The molecule has 0 saturated carbocycles. The minimum Gasteiger partial charge on any atom is -0.345 e. The second-order valence-corrected chi connectivity index (χ2v) is 9.22. The van der Waals surface area contributed by atoms with E-state index < -0.39 is 10.0 Å². The van der Waals surface area contributed by atoms with Crippen LogP contribution in [0.4, 0.5) is 0 Å². The summed E-state index contributed by atoms with van der Waals surface area (Å²) >= 11 is 1.50. The smallest absolute Gasteiger partial charge is 0.242 e. The van der Waals surface area contributed by atoms with Crippen molar-refractivity contribution in [1.29, 1.82) is 0 Å². The maximum Gasteiger partial charge on any atom is 0.242 e. The van der Waals surface area contributed by atoms with Crippen LogP contribution in [0.25, 0.3) is 22.0 Å². The third-order valence-corrected chi connectivity index (χ3v) is 7.14. The summed E-state index contributed by atoms with van der Waals surface area (Å²) in [6.07, 6.45) is 3.30. The Morgan fingerprint density at radius 2 is 1.93 bits per heavy atom. The molecule has 148 valence electrons. The topological polar surface area (TPSA) is 76.9 Å². The van der Waals surface area contributed by atoms with Crippen molar-refractivity contribution in [3.05, 3.63) is 77.6 Å². The van der Waals surface area contributed by atoms with Crippen LogP contribution in [0.2, 0.25) is 0 Å². The van der Waals surface area contributed by atoms with Gasteiger partial charge in [-0.05, 0) is 24.6 Å². The zero-order valence-corrected chi connectivity index (χ0v) is 17.7. The second kappa shape index (κ2) is 7.90. The first kappa shape index (κ1) is 19.5. The van der Waals surface area contributed by atoms with Crippen molar-refractivity contribution in [2.24, 2.45) is 7.05 Å². The highest BCUT2D eigenvalue weighted by Crippen LogP contribution is 2.32. The van der Waals surface area contributed by atoms with Crippen molar-refractivity contribution in [2.45, 2.75) is 18.4 Å². The van der Waals surface area contributed by atoms with Gasteiger partial charge < -0.3 is 4.57 Å². The molecule has 4 rings (SSSR count). The third-order valence-electron chi connectivity index (χ3n) is 4.76. The Morgan fingerprint density at radius 1 is 1.14 bits per heavy atom. The van der Waals surface area contributed by atoms with Gasteiger partial charge in [0.15, 0.2) is 0 Å². The van der Waals surface area contributed by atoms with Gasteiger partial charge in [-0.25, -0.2) is 18.1 Å². The minimum atomic E-state index is -3.67. The number of aromatic nitrogens is 3. The van der Waals surface area contributed by atoms with E-state index in [1.807, 2.05) is 53.4 Å². The highest BCUT2D eigenvalue weighted by atomic mass is 32.2. The van der Waals surface area contributed by atoms with E-state index in [1.165, 1.54) is 11.3 Å². The van der Waals surface area contributed by atoms with Crippen molar-refractivity contribution >= 4 is 21.4 Å². The fourth-order valence-electron chi connectivity index (χ4n) is 3.04. The molecule has 8 heteroatoms. The van der Waals surface area contributed by atoms with Gasteiger partial charge in [0.1, 0.15) is 9.90 Å². The molecule has 0 aliphatic heterocycles. The standard InChI is InChI=1S/C21H20N4O2S2/c1-15-20(29(26,27)23-13-16-7-6-10-22-12-16)11-19(25(15)2)21-24-18(14-28-21)17-8-4-3-5-9-17/h3-12,14,23H,13H2,1-2H3. The summed E-state index contributed by atoms with van der Waals surface area (Å²) in [7, 11) is -1.81. The van der Waals surface area contributed by atoms with Gasteiger partial charge in [0.05, 0.1) is 11.4 Å². The van der Waals surface area contributed by atoms with E-state index in [1.54, 1.807) is 31.5 Å². The quantitative estimate of drug-likeness (QED) is 0.508. The third kappa shape index (κ3) is 4.00. The molecule has 4 aromatic rings. The van der Waals surface area contributed by atoms with Crippen LogP contribution in [0.3, 0.4) is 0 Å². The first-order chi connectivity index (χ1) is 14.0. The van der Waals surface area contributed by atoms with E-state index in [2.05, 4.69) is 9.71 Å². The molecule has 6 nitrogen and oxygen atoms in total. The SMILES string of the molecule is Cc1c(S(=O)(=O)NCc2cccnc2)cc(-c2nc(-c3ccccc3)cs2)n1C. The van der Waals surface area contributed by atoms with E-state index in [0.29, 0.717) is 5.69 Å². The molecule has 1 aromatic carbocycles. The Kier molecular flexibility index (Phi) is 5.31. The van der Waals surface area contributed by atoms with Gasteiger partial charge in [-0.3, -0.25) is 4.98 Å². The van der Waals surface area contributed by atoms with Crippen LogP contribution >= 0.6 is 11.3 Å². The second-order valence-electron chi connectivity index (χ2n) is 6.63. The molecule has 0 spiro atoms. The first-order valence-electron chi connectivity index (χ1n) is 9.02. The van der Waals surface area contributed by atoms with Gasteiger partial charge in [0.2, 0.25) is 10.0 Å². The van der Waals surface area contributed by atoms with Gasteiger partial charge >= 0.3 is 0 Å². The van der Waals surface area contributed by atoms with Crippen molar-refractivity contribution in [2.75, 3.05) is 0 Å².